The van der Waals surface area contributed by atoms with Crippen LogP contribution in [-0.4, -0.2) is 73.8 Å². The summed E-state index contributed by atoms with van der Waals surface area (Å²) >= 11 is 5.97. The first-order valence-corrected chi connectivity index (χ1v) is 10.2. The summed E-state index contributed by atoms with van der Waals surface area (Å²) in [4.78, 5) is 41.6. The third-order valence-electron chi connectivity index (χ3n) is 5.84. The Morgan fingerprint density at radius 3 is 2.43 bits per heavy atom. The van der Waals surface area contributed by atoms with E-state index in [1.54, 1.807) is 31.4 Å². The number of halogens is 1. The highest BCUT2D eigenvalue weighted by atomic mass is 35.5. The van der Waals surface area contributed by atoms with Gasteiger partial charge in [-0.25, -0.2) is 9.59 Å². The molecule has 0 radical (unpaired) electrons. The van der Waals surface area contributed by atoms with Gasteiger partial charge in [-0.15, -0.1) is 0 Å². The first-order chi connectivity index (χ1) is 14.4. The number of piperidine rings is 1. The van der Waals surface area contributed by atoms with Gasteiger partial charge < -0.3 is 19.1 Å². The quantitative estimate of drug-likeness (QED) is 0.665. The largest absolute Gasteiger partial charge is 0.452 e. The molecule has 2 atom stereocenters. The van der Waals surface area contributed by atoms with Crippen molar-refractivity contribution >= 4 is 35.1 Å². The molecule has 0 spiro atoms. The number of benzene rings is 1. The van der Waals surface area contributed by atoms with Crippen LogP contribution in [0.5, 0.6) is 0 Å². The van der Waals surface area contributed by atoms with E-state index in [9.17, 15) is 14.4 Å². The van der Waals surface area contributed by atoms with Gasteiger partial charge in [0.2, 0.25) is 5.60 Å². The Hall–Kier alpha value is -2.42. The van der Waals surface area contributed by atoms with Crippen molar-refractivity contribution in [1.29, 1.82) is 0 Å². The Bertz CT molecular complexity index is 865. The Morgan fingerprint density at radius 1 is 1.10 bits per heavy atom. The lowest BCUT2D eigenvalue weighted by Gasteiger charge is -2.39. The van der Waals surface area contributed by atoms with Crippen molar-refractivity contribution in [1.82, 2.24) is 4.90 Å². The van der Waals surface area contributed by atoms with E-state index < -0.39 is 29.6 Å². The molecule has 2 saturated heterocycles. The van der Waals surface area contributed by atoms with Gasteiger partial charge in [0.15, 0.2) is 6.10 Å². The van der Waals surface area contributed by atoms with Crippen LogP contribution in [0.2, 0.25) is 5.02 Å². The zero-order valence-corrected chi connectivity index (χ0v) is 17.3. The second-order valence-electron chi connectivity index (χ2n) is 7.67. The van der Waals surface area contributed by atoms with E-state index in [2.05, 4.69) is 4.90 Å². The number of rotatable bonds is 4. The molecule has 3 heterocycles. The van der Waals surface area contributed by atoms with Crippen LogP contribution in [0, 0.1) is 0 Å². The van der Waals surface area contributed by atoms with Gasteiger partial charge in [0.1, 0.15) is 0 Å². The first-order valence-electron chi connectivity index (χ1n) is 9.85. The molecule has 1 aromatic rings. The maximum Gasteiger partial charge on any atom is 0.332 e. The summed E-state index contributed by atoms with van der Waals surface area (Å²) in [5, 5.41) is 0.536. The molecule has 9 heteroatoms. The number of fused-ring (bicyclic) bond motifs is 1. The summed E-state index contributed by atoms with van der Waals surface area (Å²) in [5.74, 6) is -1.83. The molecule has 1 aromatic carbocycles. The molecule has 3 aliphatic heterocycles. The predicted octanol–water partition coefficient (Wildman–Crippen LogP) is 1.56. The molecule has 30 heavy (non-hydrogen) atoms. The third-order valence-corrected chi connectivity index (χ3v) is 6.09. The second-order valence-corrected chi connectivity index (χ2v) is 8.11. The van der Waals surface area contributed by atoms with Crippen molar-refractivity contribution < 1.29 is 28.6 Å². The van der Waals surface area contributed by atoms with Gasteiger partial charge in [-0.05, 0) is 37.1 Å². The number of amides is 1. The van der Waals surface area contributed by atoms with Crippen LogP contribution in [0.25, 0.3) is 0 Å². The standard InChI is InChI=1S/C21H23ClN2O6/c1-28-16-8-10-23(11-9-16)13-21-17(29-18(25)6-7-19(26)30-21)12-24(20(21)27)15-4-2-14(22)3-5-15/h2-7,16-17H,8-13H2,1H3/b7-6+/t17?,21-/m1/s1. The molecule has 3 aliphatic rings. The first kappa shape index (κ1) is 20.8. The van der Waals surface area contributed by atoms with Crippen LogP contribution in [0.3, 0.4) is 0 Å². The van der Waals surface area contributed by atoms with Crippen LogP contribution >= 0.6 is 11.6 Å². The SMILES string of the molecule is COC1CCN(C[C@@]23OC(=O)/C=C/C(=O)OC2CN(c2ccc(Cl)cc2)C3=O)CC1. The molecule has 4 rings (SSSR count). The van der Waals surface area contributed by atoms with Crippen molar-refractivity contribution in [3.8, 4) is 0 Å². The van der Waals surface area contributed by atoms with Gasteiger partial charge in [0.25, 0.3) is 5.91 Å². The van der Waals surface area contributed by atoms with E-state index in [4.69, 9.17) is 25.8 Å². The number of ether oxygens (including phenoxy) is 3. The smallest absolute Gasteiger partial charge is 0.332 e. The Labute approximate surface area is 179 Å². The molecule has 8 nitrogen and oxygen atoms in total. The van der Waals surface area contributed by atoms with Crippen LogP contribution in [0.15, 0.2) is 36.4 Å². The van der Waals surface area contributed by atoms with E-state index in [1.165, 1.54) is 4.90 Å². The van der Waals surface area contributed by atoms with Crippen LogP contribution in [0.4, 0.5) is 5.69 Å². The van der Waals surface area contributed by atoms with Crippen molar-refractivity contribution in [2.45, 2.75) is 30.7 Å². The van der Waals surface area contributed by atoms with Gasteiger partial charge in [0, 0.05) is 43.1 Å². The molecule has 2 fully saturated rings. The topological polar surface area (TPSA) is 85.4 Å². The molecule has 1 amide bonds. The molecule has 1 unspecified atom stereocenters. The lowest BCUT2D eigenvalue weighted by atomic mass is 9.95. The summed E-state index contributed by atoms with van der Waals surface area (Å²) in [6.45, 7) is 1.59. The Balaban J connectivity index is 1.66. The average Bonchev–Trinajstić information content (AvgIpc) is 2.98. The monoisotopic (exact) mass is 434 g/mol. The normalized spacial score (nSPS) is 29.1. The highest BCUT2D eigenvalue weighted by molar-refractivity contribution is 6.30. The number of hydrogen-bond acceptors (Lipinski definition) is 7. The molecular weight excluding hydrogens is 412 g/mol. The van der Waals surface area contributed by atoms with Crippen molar-refractivity contribution in [3.63, 3.8) is 0 Å². The molecule has 0 bridgehead atoms. The van der Waals surface area contributed by atoms with Gasteiger partial charge in [-0.3, -0.25) is 9.69 Å². The van der Waals surface area contributed by atoms with Crippen molar-refractivity contribution in [3.05, 3.63) is 41.4 Å². The number of methoxy groups -OCH3 is 1. The van der Waals surface area contributed by atoms with Crippen LogP contribution < -0.4 is 4.90 Å². The minimum absolute atomic E-state index is 0.0852. The zero-order valence-electron chi connectivity index (χ0n) is 16.6. The number of carbonyl (C=O) groups excluding carboxylic acids is 3. The summed E-state index contributed by atoms with van der Waals surface area (Å²) < 4.78 is 16.7. The van der Waals surface area contributed by atoms with E-state index in [-0.39, 0.29) is 19.2 Å². The number of carbonyl (C=O) groups is 3. The minimum Gasteiger partial charge on any atom is -0.452 e. The Morgan fingerprint density at radius 2 is 1.77 bits per heavy atom. The fraction of sp³-hybridized carbons (Fsp3) is 0.476. The number of hydrogen-bond donors (Lipinski definition) is 0. The molecular formula is C21H23ClN2O6. The molecule has 0 N–H and O–H groups in total. The van der Waals surface area contributed by atoms with Crippen molar-refractivity contribution in [2.75, 3.05) is 38.2 Å². The zero-order chi connectivity index (χ0) is 21.3. The van der Waals surface area contributed by atoms with Crippen LogP contribution in [-0.2, 0) is 28.6 Å². The maximum absolute atomic E-state index is 13.6. The Kier molecular flexibility index (Phi) is 5.81. The summed E-state index contributed by atoms with van der Waals surface area (Å²) in [6.07, 6.45) is 2.86. The molecule has 0 aromatic heterocycles. The van der Waals surface area contributed by atoms with Crippen molar-refractivity contribution in [2.24, 2.45) is 0 Å². The molecule has 0 aliphatic carbocycles. The minimum atomic E-state index is -1.61. The van der Waals surface area contributed by atoms with E-state index in [1.807, 2.05) is 0 Å². The van der Waals surface area contributed by atoms with E-state index in [0.717, 1.165) is 25.0 Å². The third kappa shape index (κ3) is 3.95. The lowest BCUT2D eigenvalue weighted by molar-refractivity contribution is -0.183. The van der Waals surface area contributed by atoms with Gasteiger partial charge in [0.05, 0.1) is 19.2 Å². The number of anilines is 1. The second kappa shape index (κ2) is 8.37. The van der Waals surface area contributed by atoms with Crippen LogP contribution in [0.1, 0.15) is 12.8 Å². The summed E-state index contributed by atoms with van der Waals surface area (Å²) in [7, 11) is 1.68. The predicted molar refractivity (Wildman–Crippen MR) is 108 cm³/mol. The molecule has 0 saturated carbocycles. The number of nitrogens with zero attached hydrogens (tertiary/aromatic N) is 2. The highest BCUT2D eigenvalue weighted by Gasteiger charge is 2.61. The lowest BCUT2D eigenvalue weighted by Crippen LogP contribution is -2.59. The maximum atomic E-state index is 13.6. The van der Waals surface area contributed by atoms with Gasteiger partial charge in [-0.2, -0.15) is 0 Å². The summed E-state index contributed by atoms with van der Waals surface area (Å²) in [6, 6.07) is 6.76. The summed E-state index contributed by atoms with van der Waals surface area (Å²) in [5.41, 5.74) is -1.02. The van der Waals surface area contributed by atoms with E-state index in [0.29, 0.717) is 23.8 Å². The number of esters is 2. The average molecular weight is 435 g/mol. The fourth-order valence-corrected chi connectivity index (χ4v) is 4.34. The van der Waals surface area contributed by atoms with Gasteiger partial charge >= 0.3 is 11.9 Å². The molecule has 160 valence electrons. The van der Waals surface area contributed by atoms with E-state index >= 15 is 0 Å². The van der Waals surface area contributed by atoms with Gasteiger partial charge in [-0.1, -0.05) is 11.6 Å². The number of likely N-dealkylation sites (tertiary alicyclic amines) is 1. The fourth-order valence-electron chi connectivity index (χ4n) is 4.21. The highest BCUT2D eigenvalue weighted by Crippen LogP contribution is 2.36.